The normalized spacial score (nSPS) is 10.3. The van der Waals surface area contributed by atoms with E-state index >= 15 is 0 Å². The Hall–Kier alpha value is -3.02. The molecule has 28 heavy (non-hydrogen) atoms. The summed E-state index contributed by atoms with van der Waals surface area (Å²) in [5, 5.41) is 2.89. The highest BCUT2D eigenvalue weighted by Crippen LogP contribution is 2.31. The Morgan fingerprint density at radius 3 is 2.18 bits per heavy atom. The van der Waals surface area contributed by atoms with Crippen molar-refractivity contribution in [1.82, 2.24) is 4.90 Å². The molecular weight excluding hydrogens is 356 g/mol. The topological polar surface area (TPSA) is 67.9 Å². The van der Waals surface area contributed by atoms with E-state index in [2.05, 4.69) is 5.32 Å². The van der Waals surface area contributed by atoms with Crippen LogP contribution in [0.25, 0.3) is 0 Å². The quantitative estimate of drug-likeness (QED) is 0.747. The number of amides is 2. The summed E-state index contributed by atoms with van der Waals surface area (Å²) in [6.45, 7) is 7.13. The maximum atomic E-state index is 12.9. The van der Waals surface area contributed by atoms with Gasteiger partial charge in [0.1, 0.15) is 0 Å². The summed E-state index contributed by atoms with van der Waals surface area (Å²) in [5.74, 6) is 0.768. The lowest BCUT2D eigenvalue weighted by Gasteiger charge is -2.19. The molecular formula is C22H28N2O4. The monoisotopic (exact) mass is 384 g/mol. The maximum Gasteiger partial charge on any atom is 0.256 e. The summed E-state index contributed by atoms with van der Waals surface area (Å²) in [4.78, 5) is 27.2. The fraction of sp³-hybridized carbons (Fsp3) is 0.364. The molecule has 150 valence electrons. The van der Waals surface area contributed by atoms with E-state index in [9.17, 15) is 9.59 Å². The second-order valence-electron chi connectivity index (χ2n) is 6.23. The molecule has 0 atom stereocenters. The van der Waals surface area contributed by atoms with Gasteiger partial charge in [-0.15, -0.1) is 0 Å². The molecule has 0 spiro atoms. The lowest BCUT2D eigenvalue weighted by Crippen LogP contribution is -2.30. The van der Waals surface area contributed by atoms with Gasteiger partial charge in [0.25, 0.3) is 11.8 Å². The van der Waals surface area contributed by atoms with Crippen LogP contribution < -0.4 is 14.8 Å². The fourth-order valence-corrected chi connectivity index (χ4v) is 3.05. The Morgan fingerprint density at radius 2 is 1.61 bits per heavy atom. The summed E-state index contributed by atoms with van der Waals surface area (Å²) in [7, 11) is 3.10. The van der Waals surface area contributed by atoms with E-state index in [1.807, 2.05) is 26.8 Å². The second kappa shape index (κ2) is 9.78. The number of nitrogens with zero attached hydrogens (tertiary/aromatic N) is 1. The molecule has 2 rings (SSSR count). The minimum absolute atomic E-state index is 0.0542. The third kappa shape index (κ3) is 4.63. The summed E-state index contributed by atoms with van der Waals surface area (Å²) in [5.41, 5.74) is 2.48. The lowest BCUT2D eigenvalue weighted by molar-refractivity contribution is 0.0772. The van der Waals surface area contributed by atoms with Crippen molar-refractivity contribution in [3.8, 4) is 11.5 Å². The van der Waals surface area contributed by atoms with E-state index in [1.165, 1.54) is 7.11 Å². The number of nitrogens with one attached hydrogen (secondary N) is 1. The Labute approximate surface area is 166 Å². The Balaban J connectivity index is 2.30. The van der Waals surface area contributed by atoms with Crippen molar-refractivity contribution in [2.45, 2.75) is 27.2 Å². The molecule has 0 fully saturated rings. The molecule has 6 nitrogen and oxygen atoms in total. The van der Waals surface area contributed by atoms with Crippen molar-refractivity contribution < 1.29 is 19.1 Å². The zero-order valence-corrected chi connectivity index (χ0v) is 17.2. The zero-order valence-electron chi connectivity index (χ0n) is 17.2. The van der Waals surface area contributed by atoms with Gasteiger partial charge in [0.2, 0.25) is 0 Å². The van der Waals surface area contributed by atoms with Crippen molar-refractivity contribution in [2.75, 3.05) is 32.6 Å². The highest BCUT2D eigenvalue weighted by molar-refractivity contribution is 6.06. The van der Waals surface area contributed by atoms with Gasteiger partial charge in [-0.3, -0.25) is 9.59 Å². The Kier molecular flexibility index (Phi) is 7.44. The van der Waals surface area contributed by atoms with Gasteiger partial charge in [0, 0.05) is 29.9 Å². The molecule has 0 aliphatic heterocycles. The highest BCUT2D eigenvalue weighted by atomic mass is 16.5. The van der Waals surface area contributed by atoms with E-state index in [1.54, 1.807) is 42.3 Å². The Morgan fingerprint density at radius 1 is 0.964 bits per heavy atom. The number of hydrogen-bond acceptors (Lipinski definition) is 4. The molecule has 0 bridgehead atoms. The first-order chi connectivity index (χ1) is 13.5. The van der Waals surface area contributed by atoms with Gasteiger partial charge >= 0.3 is 0 Å². The number of rotatable bonds is 8. The first-order valence-electron chi connectivity index (χ1n) is 9.44. The van der Waals surface area contributed by atoms with Gasteiger partial charge in [0.05, 0.1) is 14.2 Å². The van der Waals surface area contributed by atoms with Crippen LogP contribution in [0.5, 0.6) is 11.5 Å². The molecule has 2 aromatic rings. The number of hydrogen-bond donors (Lipinski definition) is 1. The Bertz CT molecular complexity index is 844. The van der Waals surface area contributed by atoms with E-state index in [-0.39, 0.29) is 11.8 Å². The summed E-state index contributed by atoms with van der Waals surface area (Å²) in [6, 6.07) is 10.5. The highest BCUT2D eigenvalue weighted by Gasteiger charge is 2.17. The molecule has 0 saturated carbocycles. The molecule has 0 aromatic heterocycles. The summed E-state index contributed by atoms with van der Waals surface area (Å²) < 4.78 is 10.6. The molecule has 0 radical (unpaired) electrons. The second-order valence-corrected chi connectivity index (χ2v) is 6.23. The van der Waals surface area contributed by atoms with E-state index in [0.29, 0.717) is 47.8 Å². The van der Waals surface area contributed by atoms with E-state index in [4.69, 9.17) is 9.47 Å². The van der Waals surface area contributed by atoms with Gasteiger partial charge in [-0.05, 0) is 56.2 Å². The van der Waals surface area contributed by atoms with Crippen molar-refractivity contribution in [1.29, 1.82) is 0 Å². The van der Waals surface area contributed by atoms with Gasteiger partial charge in [-0.25, -0.2) is 0 Å². The largest absolute Gasteiger partial charge is 0.493 e. The zero-order chi connectivity index (χ0) is 20.7. The van der Waals surface area contributed by atoms with Crippen molar-refractivity contribution in [3.63, 3.8) is 0 Å². The van der Waals surface area contributed by atoms with Crippen LogP contribution in [0, 0.1) is 0 Å². The van der Waals surface area contributed by atoms with Crippen molar-refractivity contribution >= 4 is 17.5 Å². The van der Waals surface area contributed by atoms with Crippen LogP contribution in [-0.4, -0.2) is 44.0 Å². The standard InChI is InChI=1S/C22H28N2O4/c1-6-15-13-19(27-4)20(28-5)14-18(15)21(25)23-17-11-9-10-16(12-17)22(26)24(7-2)8-3/h9-14H,6-8H2,1-5H3,(H,23,25). The van der Waals surface area contributed by atoms with Crippen LogP contribution in [0.15, 0.2) is 36.4 Å². The number of aryl methyl sites for hydroxylation is 1. The molecule has 2 aromatic carbocycles. The number of carbonyl (C=O) groups is 2. The van der Waals surface area contributed by atoms with Gasteiger partial charge < -0.3 is 19.7 Å². The third-order valence-corrected chi connectivity index (χ3v) is 4.65. The average Bonchev–Trinajstić information content (AvgIpc) is 2.73. The first-order valence-corrected chi connectivity index (χ1v) is 9.44. The average molecular weight is 384 g/mol. The molecule has 0 unspecified atom stereocenters. The third-order valence-electron chi connectivity index (χ3n) is 4.65. The minimum Gasteiger partial charge on any atom is -0.493 e. The lowest BCUT2D eigenvalue weighted by atomic mass is 10.0. The van der Waals surface area contributed by atoms with Crippen molar-refractivity contribution in [3.05, 3.63) is 53.1 Å². The number of methoxy groups -OCH3 is 2. The molecule has 1 N–H and O–H groups in total. The number of ether oxygens (including phenoxy) is 2. The molecule has 0 aliphatic rings. The number of carbonyl (C=O) groups excluding carboxylic acids is 2. The first kappa shape index (κ1) is 21.3. The molecule has 0 saturated heterocycles. The number of benzene rings is 2. The van der Waals surface area contributed by atoms with Crippen LogP contribution in [0.4, 0.5) is 5.69 Å². The van der Waals surface area contributed by atoms with Crippen LogP contribution in [0.1, 0.15) is 47.1 Å². The molecule has 0 heterocycles. The maximum absolute atomic E-state index is 12.9. The van der Waals surface area contributed by atoms with Crippen LogP contribution in [0.3, 0.4) is 0 Å². The summed E-state index contributed by atoms with van der Waals surface area (Å²) in [6.07, 6.45) is 0.670. The predicted octanol–water partition coefficient (Wildman–Crippen LogP) is 4.00. The van der Waals surface area contributed by atoms with Crippen molar-refractivity contribution in [2.24, 2.45) is 0 Å². The van der Waals surface area contributed by atoms with Crippen LogP contribution in [0.2, 0.25) is 0 Å². The SMILES string of the molecule is CCc1cc(OC)c(OC)cc1C(=O)Nc1cccc(C(=O)N(CC)CC)c1. The van der Waals surface area contributed by atoms with Gasteiger partial charge in [-0.1, -0.05) is 13.0 Å². The summed E-state index contributed by atoms with van der Waals surface area (Å²) >= 11 is 0. The molecule has 0 aliphatic carbocycles. The van der Waals surface area contributed by atoms with Crippen LogP contribution in [-0.2, 0) is 6.42 Å². The predicted molar refractivity (Wildman–Crippen MR) is 111 cm³/mol. The van der Waals surface area contributed by atoms with Gasteiger partial charge in [-0.2, -0.15) is 0 Å². The smallest absolute Gasteiger partial charge is 0.256 e. The fourth-order valence-electron chi connectivity index (χ4n) is 3.05. The number of anilines is 1. The van der Waals surface area contributed by atoms with Crippen LogP contribution >= 0.6 is 0 Å². The molecule has 2 amide bonds. The minimum atomic E-state index is -0.259. The van der Waals surface area contributed by atoms with Gasteiger partial charge in [0.15, 0.2) is 11.5 Å². The molecule has 6 heteroatoms. The van der Waals surface area contributed by atoms with E-state index < -0.39 is 0 Å². The van der Waals surface area contributed by atoms with E-state index in [0.717, 1.165) is 5.56 Å².